The van der Waals surface area contributed by atoms with Gasteiger partial charge in [0.25, 0.3) is 0 Å². The van der Waals surface area contributed by atoms with Gasteiger partial charge in [-0.25, -0.2) is 28.4 Å². The number of hydrogen-bond acceptors (Lipinski definition) is 8. The number of hydrogen-bond donors (Lipinski definition) is 3. The molecule has 192 valence electrons. The summed E-state index contributed by atoms with van der Waals surface area (Å²) < 4.78 is 23.6. The molecule has 1 aromatic carbocycles. The number of pyridine rings is 2. The number of amides is 1. The zero-order valence-electron chi connectivity index (χ0n) is 20.9. The number of sulfone groups is 1. The lowest BCUT2D eigenvalue weighted by Gasteiger charge is -2.13. The third-order valence-corrected chi connectivity index (χ3v) is 6.86. The molecular weight excluding hydrogens is 504 g/mol. The van der Waals surface area contributed by atoms with E-state index >= 15 is 0 Å². The third-order valence-electron chi connectivity index (χ3n) is 5.74. The maximum absolute atomic E-state index is 11.8. The first-order valence-electron chi connectivity index (χ1n) is 11.7. The smallest absolute Gasteiger partial charge is 0.303 e. The molecule has 0 aliphatic heterocycles. The summed E-state index contributed by atoms with van der Waals surface area (Å²) in [4.78, 5) is 36.0. The van der Waals surface area contributed by atoms with Crippen LogP contribution in [0.15, 0.2) is 66.1 Å². The fourth-order valence-corrected chi connectivity index (χ4v) is 4.65. The van der Waals surface area contributed by atoms with Crippen LogP contribution in [-0.4, -0.2) is 45.5 Å². The van der Waals surface area contributed by atoms with Crippen molar-refractivity contribution >= 4 is 44.2 Å². The molecule has 0 atom stereocenters. The van der Waals surface area contributed by atoms with Crippen molar-refractivity contribution in [1.82, 2.24) is 24.9 Å². The highest BCUT2D eigenvalue weighted by Crippen LogP contribution is 2.32. The molecule has 0 bridgehead atoms. The fraction of sp³-hybridized carbons (Fsp3) is 0.154. The molecule has 4 aromatic heterocycles. The van der Waals surface area contributed by atoms with Crippen LogP contribution < -0.4 is 15.6 Å². The molecule has 0 radical (unpaired) electrons. The van der Waals surface area contributed by atoms with Gasteiger partial charge in [0.05, 0.1) is 16.8 Å². The van der Waals surface area contributed by atoms with Crippen LogP contribution in [0.1, 0.15) is 23.9 Å². The first-order valence-corrected chi connectivity index (χ1v) is 13.6. The summed E-state index contributed by atoms with van der Waals surface area (Å²) in [6.07, 6.45) is 6.80. The normalized spacial score (nSPS) is 11.4. The van der Waals surface area contributed by atoms with Gasteiger partial charge in [0.2, 0.25) is 11.7 Å². The van der Waals surface area contributed by atoms with E-state index in [4.69, 9.17) is 9.97 Å². The van der Waals surface area contributed by atoms with Crippen LogP contribution in [0.2, 0.25) is 0 Å². The van der Waals surface area contributed by atoms with E-state index in [1.165, 1.54) is 13.2 Å². The monoisotopic (exact) mass is 529 g/mol. The third kappa shape index (κ3) is 5.49. The second kappa shape index (κ2) is 9.98. The summed E-state index contributed by atoms with van der Waals surface area (Å²) in [6, 6.07) is 12.3. The van der Waals surface area contributed by atoms with Crippen molar-refractivity contribution in [2.24, 2.45) is 0 Å². The molecule has 0 saturated carbocycles. The molecule has 4 heterocycles. The number of imidazole rings is 1. The molecule has 0 saturated heterocycles. The summed E-state index contributed by atoms with van der Waals surface area (Å²) in [5.41, 5.74) is 5.35. The zero-order valence-corrected chi connectivity index (χ0v) is 21.7. The molecule has 0 aliphatic carbocycles. The van der Waals surface area contributed by atoms with Gasteiger partial charge in [0.15, 0.2) is 21.7 Å². The highest BCUT2D eigenvalue weighted by molar-refractivity contribution is 7.90. The number of aryl methyl sites for hydroxylation is 1. The van der Waals surface area contributed by atoms with Gasteiger partial charge < -0.3 is 10.6 Å². The van der Waals surface area contributed by atoms with Gasteiger partial charge in [-0.3, -0.25) is 9.78 Å². The van der Waals surface area contributed by atoms with Crippen LogP contribution in [0.25, 0.3) is 22.4 Å². The molecule has 4 N–H and O–H groups in total. The first-order chi connectivity index (χ1) is 18.2. The van der Waals surface area contributed by atoms with E-state index in [-0.39, 0.29) is 10.8 Å². The minimum atomic E-state index is -3.27. The predicted molar refractivity (Wildman–Crippen MR) is 143 cm³/mol. The molecule has 5 rings (SSSR count). The maximum Gasteiger partial charge on any atom is 0.303 e. The van der Waals surface area contributed by atoms with Gasteiger partial charge in [0, 0.05) is 31.9 Å². The standard InChI is InChI=1S/C26H24N8O3S/c1-15-31-23(24-26(32-15)30-14-29-24)21-11-18(10-17-4-7-20(8-5-17)38(3,36)37)12-28-25(21)34-19-6-9-22(27-13-19)33-16(2)35/h4-9,11-14H,10H2,1-3H3,(H,28,34)(H,27,33,35)(H,29,30,31,32)/p+1. The predicted octanol–water partition coefficient (Wildman–Crippen LogP) is 3.23. The Morgan fingerprint density at radius 2 is 1.82 bits per heavy atom. The minimum absolute atomic E-state index is 0.199. The average Bonchev–Trinajstić information content (AvgIpc) is 3.33. The van der Waals surface area contributed by atoms with Crippen molar-refractivity contribution in [3.8, 4) is 11.3 Å². The number of aromatic nitrogens is 6. The number of carbonyl (C=O) groups is 1. The van der Waals surface area contributed by atoms with Gasteiger partial charge >= 0.3 is 5.65 Å². The Bertz CT molecular complexity index is 1750. The van der Waals surface area contributed by atoms with Crippen LogP contribution in [-0.2, 0) is 21.1 Å². The van der Waals surface area contributed by atoms with Crippen LogP contribution >= 0.6 is 0 Å². The van der Waals surface area contributed by atoms with E-state index in [0.29, 0.717) is 40.9 Å². The number of rotatable bonds is 7. The fourth-order valence-electron chi connectivity index (χ4n) is 4.02. The lowest BCUT2D eigenvalue weighted by molar-refractivity contribution is -0.347. The number of H-pyrrole nitrogens is 2. The Morgan fingerprint density at radius 1 is 1.03 bits per heavy atom. The highest BCUT2D eigenvalue weighted by atomic mass is 32.2. The number of benzene rings is 1. The quantitative estimate of drug-likeness (QED) is 0.290. The van der Waals surface area contributed by atoms with E-state index in [9.17, 15) is 13.2 Å². The molecule has 0 aliphatic rings. The van der Waals surface area contributed by atoms with Crippen LogP contribution in [0.3, 0.4) is 0 Å². The van der Waals surface area contributed by atoms with Gasteiger partial charge in [-0.2, -0.15) is 0 Å². The Hall–Kier alpha value is -4.71. The van der Waals surface area contributed by atoms with Crippen molar-refractivity contribution < 1.29 is 18.2 Å². The molecular formula is C26H25N8O3S+. The second-order valence-electron chi connectivity index (χ2n) is 8.85. The first kappa shape index (κ1) is 25.0. The van der Waals surface area contributed by atoms with Crippen molar-refractivity contribution in [1.29, 1.82) is 0 Å². The molecule has 12 heteroatoms. The molecule has 0 fully saturated rings. The minimum Gasteiger partial charge on any atom is -0.338 e. The largest absolute Gasteiger partial charge is 0.338 e. The lowest BCUT2D eigenvalue weighted by Crippen LogP contribution is -2.07. The molecule has 0 unspecified atom stereocenters. The van der Waals surface area contributed by atoms with Crippen molar-refractivity contribution in [2.75, 3.05) is 16.9 Å². The number of aromatic amines is 2. The van der Waals surface area contributed by atoms with Gasteiger partial charge in [0.1, 0.15) is 17.3 Å². The van der Waals surface area contributed by atoms with Crippen molar-refractivity contribution in [3.63, 3.8) is 0 Å². The Kier molecular flexibility index (Phi) is 6.55. The van der Waals surface area contributed by atoms with E-state index in [1.54, 1.807) is 55.1 Å². The molecule has 5 aromatic rings. The Balaban J connectivity index is 1.54. The molecule has 38 heavy (non-hydrogen) atoms. The molecule has 11 nitrogen and oxygen atoms in total. The summed E-state index contributed by atoms with van der Waals surface area (Å²) in [5, 5.41) is 5.95. The number of carbonyl (C=O) groups excluding carboxylic acids is 1. The number of anilines is 3. The second-order valence-corrected chi connectivity index (χ2v) is 10.9. The van der Waals surface area contributed by atoms with Crippen molar-refractivity contribution in [3.05, 3.63) is 78.1 Å². The SMILES string of the molecule is CC(=O)Nc1ccc(Nc2ncc(Cc3ccc(S(C)(=O)=O)cc3)cc2-c2nc(C)nc3[nH+]c[nH]c23)cn1. The number of nitrogens with one attached hydrogen (secondary N) is 4. The topological polar surface area (TPSA) is 157 Å². The number of nitrogens with zero attached hydrogens (tertiary/aromatic N) is 4. The average molecular weight is 530 g/mol. The van der Waals surface area contributed by atoms with Crippen LogP contribution in [0, 0.1) is 6.92 Å². The summed E-state index contributed by atoms with van der Waals surface area (Å²) in [6.45, 7) is 3.25. The molecule has 1 amide bonds. The van der Waals surface area contributed by atoms with Gasteiger partial charge in [-0.1, -0.05) is 17.1 Å². The van der Waals surface area contributed by atoms with E-state index in [0.717, 1.165) is 22.2 Å². The molecule has 0 spiro atoms. The van der Waals surface area contributed by atoms with E-state index < -0.39 is 9.84 Å². The van der Waals surface area contributed by atoms with Gasteiger partial charge in [-0.15, -0.1) is 0 Å². The summed E-state index contributed by atoms with van der Waals surface area (Å²) in [5.74, 6) is 1.40. The van der Waals surface area contributed by atoms with Gasteiger partial charge in [-0.05, 0) is 47.9 Å². The summed E-state index contributed by atoms with van der Waals surface area (Å²) >= 11 is 0. The zero-order chi connectivity index (χ0) is 26.9. The Labute approximate surface area is 218 Å². The summed E-state index contributed by atoms with van der Waals surface area (Å²) in [7, 11) is -3.27. The highest BCUT2D eigenvalue weighted by Gasteiger charge is 2.20. The number of fused-ring (bicyclic) bond motifs is 1. The maximum atomic E-state index is 11.8. The van der Waals surface area contributed by atoms with Crippen LogP contribution in [0.5, 0.6) is 0 Å². The lowest BCUT2D eigenvalue weighted by atomic mass is 10.0. The Morgan fingerprint density at radius 3 is 2.50 bits per heavy atom. The van der Waals surface area contributed by atoms with E-state index in [2.05, 4.69) is 30.6 Å². The van der Waals surface area contributed by atoms with E-state index in [1.807, 2.05) is 13.0 Å². The van der Waals surface area contributed by atoms with Crippen LogP contribution in [0.4, 0.5) is 17.3 Å². The van der Waals surface area contributed by atoms with Crippen molar-refractivity contribution in [2.45, 2.75) is 25.2 Å².